The number of fused-ring (bicyclic) bond motifs is 1. The maximum Gasteiger partial charge on any atom is 0.191 e. The van der Waals surface area contributed by atoms with Crippen LogP contribution >= 0.6 is 11.8 Å². The first kappa shape index (κ1) is 15.6. The largest absolute Gasteiger partial charge is 0.357 e. The summed E-state index contributed by atoms with van der Waals surface area (Å²) in [7, 11) is 0. The lowest BCUT2D eigenvalue weighted by atomic mass is 10.1. The van der Waals surface area contributed by atoms with Crippen LogP contribution in [0.1, 0.15) is 12.5 Å². The molecule has 0 bridgehead atoms. The van der Waals surface area contributed by atoms with Crippen LogP contribution in [0, 0.1) is 0 Å². The average molecular weight is 302 g/mol. The Labute approximate surface area is 130 Å². The van der Waals surface area contributed by atoms with Crippen molar-refractivity contribution in [2.45, 2.75) is 13.5 Å². The number of hydrogen-bond acceptors (Lipinski definition) is 3. The molecule has 5 heteroatoms. The van der Waals surface area contributed by atoms with E-state index >= 15 is 0 Å². The molecule has 0 amide bonds. The second-order valence-electron chi connectivity index (χ2n) is 4.60. The first-order valence-electron chi connectivity index (χ1n) is 7.19. The number of benzene rings is 1. The zero-order chi connectivity index (χ0) is 14.9. The highest BCUT2D eigenvalue weighted by Crippen LogP contribution is 2.16. The van der Waals surface area contributed by atoms with E-state index in [1.165, 1.54) is 10.9 Å². The van der Waals surface area contributed by atoms with Gasteiger partial charge in [-0.1, -0.05) is 18.2 Å². The average Bonchev–Trinajstić information content (AvgIpc) is 2.53. The molecular formula is C16H22N4S. The van der Waals surface area contributed by atoms with Gasteiger partial charge in [0, 0.05) is 30.4 Å². The lowest BCUT2D eigenvalue weighted by Crippen LogP contribution is -2.38. The minimum atomic E-state index is 0.650. The van der Waals surface area contributed by atoms with Crippen molar-refractivity contribution in [2.75, 3.05) is 25.1 Å². The quantitative estimate of drug-likeness (QED) is 0.489. The maximum absolute atomic E-state index is 4.66. The fourth-order valence-corrected chi connectivity index (χ4v) is 2.38. The van der Waals surface area contributed by atoms with Gasteiger partial charge in [0.1, 0.15) is 0 Å². The molecule has 0 aliphatic rings. The summed E-state index contributed by atoms with van der Waals surface area (Å²) in [5.41, 5.74) is 2.22. The van der Waals surface area contributed by atoms with Gasteiger partial charge in [0.2, 0.25) is 0 Å². The van der Waals surface area contributed by atoms with E-state index in [4.69, 9.17) is 0 Å². The zero-order valence-corrected chi connectivity index (χ0v) is 13.4. The summed E-state index contributed by atoms with van der Waals surface area (Å²) in [6, 6.07) is 10.2. The number of para-hydroxylation sites is 1. The monoisotopic (exact) mass is 302 g/mol. The predicted octanol–water partition coefficient (Wildman–Crippen LogP) is 2.65. The molecule has 4 nitrogen and oxygen atoms in total. The summed E-state index contributed by atoms with van der Waals surface area (Å²) in [5, 5.41) is 7.79. The third kappa shape index (κ3) is 4.63. The molecular weight excluding hydrogens is 280 g/mol. The van der Waals surface area contributed by atoms with E-state index in [2.05, 4.69) is 39.9 Å². The Morgan fingerprint density at radius 1 is 1.24 bits per heavy atom. The van der Waals surface area contributed by atoms with Gasteiger partial charge in [-0.15, -0.1) is 0 Å². The molecule has 0 fully saturated rings. The van der Waals surface area contributed by atoms with Crippen molar-refractivity contribution in [1.82, 2.24) is 15.6 Å². The second kappa shape index (κ2) is 8.52. The normalized spacial score (nSPS) is 11.6. The number of aliphatic imine (C=N–C) groups is 1. The van der Waals surface area contributed by atoms with E-state index in [-0.39, 0.29) is 0 Å². The van der Waals surface area contributed by atoms with E-state index in [1.54, 1.807) is 0 Å². The third-order valence-corrected chi connectivity index (χ3v) is 3.70. The standard InChI is InChI=1S/C16H22N4S/c1-3-17-16(19-10-11-21-2)20-12-13-8-9-18-15-7-5-4-6-14(13)15/h4-9H,3,10-12H2,1-2H3,(H2,17,19,20). The van der Waals surface area contributed by atoms with Crippen LogP contribution in [0.5, 0.6) is 0 Å². The van der Waals surface area contributed by atoms with Gasteiger partial charge in [0.15, 0.2) is 5.96 Å². The van der Waals surface area contributed by atoms with Crippen LogP contribution in [0.4, 0.5) is 0 Å². The third-order valence-electron chi connectivity index (χ3n) is 3.09. The van der Waals surface area contributed by atoms with Gasteiger partial charge in [0.05, 0.1) is 12.1 Å². The van der Waals surface area contributed by atoms with Crippen LogP contribution in [0.2, 0.25) is 0 Å². The molecule has 0 unspecified atom stereocenters. The number of aromatic nitrogens is 1. The molecule has 0 aliphatic carbocycles. The number of guanidine groups is 1. The summed E-state index contributed by atoms with van der Waals surface area (Å²) >= 11 is 1.82. The highest BCUT2D eigenvalue weighted by molar-refractivity contribution is 7.98. The fraction of sp³-hybridized carbons (Fsp3) is 0.375. The summed E-state index contributed by atoms with van der Waals surface area (Å²) in [6.45, 7) is 4.51. The highest BCUT2D eigenvalue weighted by Gasteiger charge is 2.01. The van der Waals surface area contributed by atoms with Crippen LogP contribution in [-0.4, -0.2) is 36.0 Å². The Bertz CT molecular complexity index is 592. The fourth-order valence-electron chi connectivity index (χ4n) is 2.07. The highest BCUT2D eigenvalue weighted by atomic mass is 32.2. The molecule has 2 aromatic rings. The lowest BCUT2D eigenvalue weighted by molar-refractivity contribution is 0.844. The number of thioether (sulfide) groups is 1. The van der Waals surface area contributed by atoms with Crippen LogP contribution in [0.15, 0.2) is 41.5 Å². The Hall–Kier alpha value is -1.75. The number of nitrogens with zero attached hydrogens (tertiary/aromatic N) is 2. The van der Waals surface area contributed by atoms with Gasteiger partial charge in [-0.05, 0) is 30.9 Å². The molecule has 21 heavy (non-hydrogen) atoms. The van der Waals surface area contributed by atoms with E-state index in [9.17, 15) is 0 Å². The van der Waals surface area contributed by atoms with Gasteiger partial charge in [-0.25, -0.2) is 4.99 Å². The number of pyridine rings is 1. The summed E-state index contributed by atoms with van der Waals surface area (Å²) in [6.07, 6.45) is 3.95. The second-order valence-corrected chi connectivity index (χ2v) is 5.59. The minimum absolute atomic E-state index is 0.650. The summed E-state index contributed by atoms with van der Waals surface area (Å²) < 4.78 is 0. The van der Waals surface area contributed by atoms with Crippen molar-refractivity contribution in [1.29, 1.82) is 0 Å². The first-order chi connectivity index (χ1) is 10.3. The van der Waals surface area contributed by atoms with Crippen molar-refractivity contribution in [3.8, 4) is 0 Å². The Morgan fingerprint density at radius 2 is 2.10 bits per heavy atom. The SMILES string of the molecule is CCNC(=NCc1ccnc2ccccc12)NCCSC. The Morgan fingerprint density at radius 3 is 2.90 bits per heavy atom. The molecule has 0 saturated heterocycles. The van der Waals surface area contributed by atoms with Crippen molar-refractivity contribution < 1.29 is 0 Å². The molecule has 1 heterocycles. The van der Waals surface area contributed by atoms with Gasteiger partial charge in [0.25, 0.3) is 0 Å². The van der Waals surface area contributed by atoms with E-state index in [0.717, 1.165) is 30.3 Å². The molecule has 1 aromatic heterocycles. The van der Waals surface area contributed by atoms with Gasteiger partial charge < -0.3 is 10.6 Å². The van der Waals surface area contributed by atoms with Crippen molar-refractivity contribution in [2.24, 2.45) is 4.99 Å². The Kier molecular flexibility index (Phi) is 6.34. The number of rotatable bonds is 6. The van der Waals surface area contributed by atoms with Crippen LogP contribution in [0.3, 0.4) is 0 Å². The van der Waals surface area contributed by atoms with E-state index < -0.39 is 0 Å². The number of hydrogen-bond donors (Lipinski definition) is 2. The number of nitrogens with one attached hydrogen (secondary N) is 2. The summed E-state index contributed by atoms with van der Waals surface area (Å²) in [5.74, 6) is 1.94. The predicted molar refractivity (Wildman–Crippen MR) is 92.9 cm³/mol. The molecule has 1 aromatic carbocycles. The van der Waals surface area contributed by atoms with E-state index in [0.29, 0.717) is 6.54 Å². The minimum Gasteiger partial charge on any atom is -0.357 e. The lowest BCUT2D eigenvalue weighted by Gasteiger charge is -2.11. The van der Waals surface area contributed by atoms with Gasteiger partial charge in [-0.2, -0.15) is 11.8 Å². The maximum atomic E-state index is 4.66. The molecule has 2 rings (SSSR count). The van der Waals surface area contributed by atoms with Crippen LogP contribution in [0.25, 0.3) is 10.9 Å². The molecule has 0 saturated carbocycles. The zero-order valence-electron chi connectivity index (χ0n) is 12.6. The van der Waals surface area contributed by atoms with Crippen molar-refractivity contribution >= 4 is 28.6 Å². The summed E-state index contributed by atoms with van der Waals surface area (Å²) in [4.78, 5) is 9.05. The van der Waals surface area contributed by atoms with Gasteiger partial charge >= 0.3 is 0 Å². The molecule has 0 spiro atoms. The first-order valence-corrected chi connectivity index (χ1v) is 8.58. The smallest absolute Gasteiger partial charge is 0.191 e. The molecule has 112 valence electrons. The molecule has 0 aliphatic heterocycles. The van der Waals surface area contributed by atoms with Crippen LogP contribution < -0.4 is 10.6 Å². The molecule has 0 atom stereocenters. The van der Waals surface area contributed by atoms with Crippen molar-refractivity contribution in [3.05, 3.63) is 42.1 Å². The van der Waals surface area contributed by atoms with Crippen molar-refractivity contribution in [3.63, 3.8) is 0 Å². The molecule has 0 radical (unpaired) electrons. The van der Waals surface area contributed by atoms with Crippen LogP contribution in [-0.2, 0) is 6.54 Å². The Balaban J connectivity index is 2.11. The topological polar surface area (TPSA) is 49.3 Å². The molecule has 2 N–H and O–H groups in total. The van der Waals surface area contributed by atoms with Gasteiger partial charge in [-0.3, -0.25) is 4.98 Å². The van der Waals surface area contributed by atoms with E-state index in [1.807, 2.05) is 42.2 Å².